The minimum atomic E-state index is -4.39. The van der Waals surface area contributed by atoms with Crippen molar-refractivity contribution in [3.8, 4) is 11.1 Å². The first-order valence-electron chi connectivity index (χ1n) is 12.6. The summed E-state index contributed by atoms with van der Waals surface area (Å²) in [5.41, 5.74) is 0.316. The van der Waals surface area contributed by atoms with Gasteiger partial charge in [-0.25, -0.2) is 14.4 Å². The van der Waals surface area contributed by atoms with Crippen molar-refractivity contribution in [2.75, 3.05) is 32.8 Å². The standard InChI is InChI=1S/C25H32F4N4O3S/c1-17-13-31-22(14-30-17)35-15-19(34)12-18-2-6-24(26,7-3-18)8-11-33-9-4-20-21(5-10-33)37-23(32-20)36-16-25(27,28)29/h13-14,18H,2-12,15-16H2,1H3. The molecule has 0 atom stereocenters. The maximum Gasteiger partial charge on any atom is 0.422 e. The summed E-state index contributed by atoms with van der Waals surface area (Å²) in [6.07, 6.45) is 3.02. The van der Waals surface area contributed by atoms with E-state index in [1.807, 2.05) is 6.92 Å². The highest BCUT2D eigenvalue weighted by atomic mass is 32.1. The number of carbonyl (C=O) groups excluding carboxylic acids is 1. The molecule has 3 heterocycles. The Morgan fingerprint density at radius 3 is 2.62 bits per heavy atom. The van der Waals surface area contributed by atoms with Gasteiger partial charge in [0.15, 0.2) is 12.4 Å². The number of fused-ring (bicyclic) bond motifs is 1. The third-order valence-electron chi connectivity index (χ3n) is 6.97. The zero-order valence-electron chi connectivity index (χ0n) is 20.9. The number of hydrogen-bond acceptors (Lipinski definition) is 8. The summed E-state index contributed by atoms with van der Waals surface area (Å²) in [6, 6.07) is 0. The molecule has 204 valence electrons. The summed E-state index contributed by atoms with van der Waals surface area (Å²) < 4.78 is 62.8. The molecular formula is C25H32F4N4O3S. The van der Waals surface area contributed by atoms with Gasteiger partial charge in [-0.2, -0.15) is 13.2 Å². The normalized spacial score (nSPS) is 22.8. The average molecular weight is 545 g/mol. The van der Waals surface area contributed by atoms with Gasteiger partial charge in [-0.3, -0.25) is 9.78 Å². The quantitative estimate of drug-likeness (QED) is 0.394. The fraction of sp³-hybridized carbons (Fsp3) is 0.680. The van der Waals surface area contributed by atoms with Crippen LogP contribution in [-0.2, 0) is 17.6 Å². The predicted octanol–water partition coefficient (Wildman–Crippen LogP) is 4.91. The van der Waals surface area contributed by atoms with Crippen molar-refractivity contribution in [2.24, 2.45) is 5.92 Å². The van der Waals surface area contributed by atoms with Crippen molar-refractivity contribution < 1.29 is 31.8 Å². The number of rotatable bonds is 10. The number of alkyl halides is 4. The van der Waals surface area contributed by atoms with Crippen molar-refractivity contribution in [3.05, 3.63) is 28.7 Å². The molecule has 4 rings (SSSR count). The van der Waals surface area contributed by atoms with Gasteiger partial charge >= 0.3 is 6.18 Å². The van der Waals surface area contributed by atoms with E-state index in [2.05, 4.69) is 19.9 Å². The van der Waals surface area contributed by atoms with Crippen LogP contribution < -0.4 is 9.47 Å². The van der Waals surface area contributed by atoms with Gasteiger partial charge in [0.25, 0.3) is 5.19 Å². The number of hydrogen-bond donors (Lipinski definition) is 0. The van der Waals surface area contributed by atoms with Crippen LogP contribution in [0.3, 0.4) is 0 Å². The Morgan fingerprint density at radius 2 is 1.92 bits per heavy atom. The first-order chi connectivity index (χ1) is 17.6. The lowest BCUT2D eigenvalue weighted by Crippen LogP contribution is -2.36. The van der Waals surface area contributed by atoms with E-state index in [-0.39, 0.29) is 23.5 Å². The zero-order chi connectivity index (χ0) is 26.5. The largest absolute Gasteiger partial charge is 0.469 e. The van der Waals surface area contributed by atoms with Crippen molar-refractivity contribution in [1.29, 1.82) is 0 Å². The highest BCUT2D eigenvalue weighted by Gasteiger charge is 2.36. The Hall–Kier alpha value is -2.34. The number of carbonyl (C=O) groups is 1. The Morgan fingerprint density at radius 1 is 1.16 bits per heavy atom. The topological polar surface area (TPSA) is 77.4 Å². The number of halogens is 4. The number of ketones is 1. The van der Waals surface area contributed by atoms with Gasteiger partial charge in [0.05, 0.1) is 23.8 Å². The zero-order valence-corrected chi connectivity index (χ0v) is 21.7. The molecule has 2 aliphatic rings. The Balaban J connectivity index is 1.15. The molecule has 7 nitrogen and oxygen atoms in total. The van der Waals surface area contributed by atoms with Gasteiger partial charge in [-0.05, 0) is 51.4 Å². The minimum absolute atomic E-state index is 0.0173. The van der Waals surface area contributed by atoms with E-state index in [9.17, 15) is 18.0 Å². The molecule has 0 aromatic carbocycles. The van der Waals surface area contributed by atoms with Crippen LogP contribution >= 0.6 is 11.3 Å². The van der Waals surface area contributed by atoms with Crippen molar-refractivity contribution in [1.82, 2.24) is 19.9 Å². The third-order valence-corrected chi connectivity index (χ3v) is 8.04. The average Bonchev–Trinajstić information content (AvgIpc) is 3.15. The molecule has 1 aliphatic carbocycles. The van der Waals surface area contributed by atoms with Gasteiger partial charge in [-0.15, -0.1) is 0 Å². The molecule has 0 radical (unpaired) electrons. The molecule has 1 saturated carbocycles. The van der Waals surface area contributed by atoms with E-state index < -0.39 is 18.5 Å². The minimum Gasteiger partial charge on any atom is -0.469 e. The fourth-order valence-corrected chi connectivity index (χ4v) is 5.76. The molecule has 2 aromatic heterocycles. The molecule has 0 N–H and O–H groups in total. The summed E-state index contributed by atoms with van der Waals surface area (Å²) in [4.78, 5) is 27.8. The molecule has 37 heavy (non-hydrogen) atoms. The maximum absolute atomic E-state index is 15.5. The fourth-order valence-electron chi connectivity index (χ4n) is 4.81. The number of thiazole rings is 1. The van der Waals surface area contributed by atoms with Crippen LogP contribution in [0, 0.1) is 12.8 Å². The number of aryl methyl sites for hydroxylation is 1. The molecule has 0 bridgehead atoms. The molecule has 0 saturated heterocycles. The molecule has 12 heteroatoms. The Bertz CT molecular complexity index is 1010. The second kappa shape index (κ2) is 12.0. The second-order valence-corrected chi connectivity index (χ2v) is 11.0. The summed E-state index contributed by atoms with van der Waals surface area (Å²) in [5.74, 6) is 0.467. The lowest BCUT2D eigenvalue weighted by Gasteiger charge is -2.35. The van der Waals surface area contributed by atoms with Crippen LogP contribution in [0.25, 0.3) is 0 Å². The van der Waals surface area contributed by atoms with Crippen LogP contribution in [0.15, 0.2) is 12.4 Å². The van der Waals surface area contributed by atoms with E-state index in [1.165, 1.54) is 17.5 Å². The third kappa shape index (κ3) is 8.59. The molecule has 0 spiro atoms. The second-order valence-electron chi connectivity index (χ2n) is 9.97. The van der Waals surface area contributed by atoms with Gasteiger partial charge in [0.2, 0.25) is 5.88 Å². The van der Waals surface area contributed by atoms with Crippen molar-refractivity contribution in [2.45, 2.75) is 70.1 Å². The molecule has 2 aromatic rings. The van der Waals surface area contributed by atoms with E-state index >= 15 is 4.39 Å². The highest BCUT2D eigenvalue weighted by Crippen LogP contribution is 2.39. The number of nitrogens with zero attached hydrogens (tertiary/aromatic N) is 4. The van der Waals surface area contributed by atoms with E-state index in [1.54, 1.807) is 6.20 Å². The Kier molecular flexibility index (Phi) is 8.99. The molecule has 0 amide bonds. The molecule has 1 fully saturated rings. The van der Waals surface area contributed by atoms with Crippen molar-refractivity contribution >= 4 is 17.1 Å². The monoisotopic (exact) mass is 544 g/mol. The first-order valence-corrected chi connectivity index (χ1v) is 13.4. The van der Waals surface area contributed by atoms with E-state index in [0.29, 0.717) is 76.9 Å². The molecular weight excluding hydrogens is 512 g/mol. The summed E-state index contributed by atoms with van der Waals surface area (Å²) in [7, 11) is 0. The van der Waals surface area contributed by atoms with Gasteiger partial charge < -0.3 is 14.4 Å². The lowest BCUT2D eigenvalue weighted by atomic mass is 9.76. The highest BCUT2D eigenvalue weighted by molar-refractivity contribution is 7.13. The SMILES string of the molecule is Cc1cnc(OCC(=O)CC2CCC(F)(CCN3CCc4nc(OCC(F)(F)F)sc4CC3)CC2)cn1. The number of aromatic nitrogens is 3. The summed E-state index contributed by atoms with van der Waals surface area (Å²) in [5, 5.41) is 0.0594. The lowest BCUT2D eigenvalue weighted by molar-refractivity contribution is -0.153. The van der Waals surface area contributed by atoms with Gasteiger partial charge in [-0.1, -0.05) is 11.3 Å². The number of Topliss-reactive ketones (excluding diaryl/α,β-unsaturated/α-hetero) is 1. The predicted molar refractivity (Wildman–Crippen MR) is 130 cm³/mol. The Labute approximate surface area is 217 Å². The summed E-state index contributed by atoms with van der Waals surface area (Å²) >= 11 is 1.17. The van der Waals surface area contributed by atoms with Gasteiger partial charge in [0.1, 0.15) is 12.3 Å². The van der Waals surface area contributed by atoms with Gasteiger partial charge in [0, 0.05) is 37.4 Å². The molecule has 1 aliphatic heterocycles. The maximum atomic E-state index is 15.5. The van der Waals surface area contributed by atoms with Crippen LogP contribution in [0.2, 0.25) is 0 Å². The van der Waals surface area contributed by atoms with Crippen molar-refractivity contribution in [3.63, 3.8) is 0 Å². The smallest absolute Gasteiger partial charge is 0.422 e. The van der Waals surface area contributed by atoms with Crippen LogP contribution in [0.4, 0.5) is 17.6 Å². The first kappa shape index (κ1) is 27.7. The van der Waals surface area contributed by atoms with E-state index in [0.717, 1.165) is 16.3 Å². The number of ether oxygens (including phenoxy) is 2. The van der Waals surface area contributed by atoms with Crippen LogP contribution in [0.5, 0.6) is 11.1 Å². The van der Waals surface area contributed by atoms with E-state index in [4.69, 9.17) is 9.47 Å². The van der Waals surface area contributed by atoms with Crippen LogP contribution in [-0.4, -0.2) is 70.3 Å². The molecule has 0 unspecified atom stereocenters. The van der Waals surface area contributed by atoms with Crippen LogP contribution in [0.1, 0.15) is 54.8 Å². The summed E-state index contributed by atoms with van der Waals surface area (Å²) in [6.45, 7) is 2.45.